The van der Waals surface area contributed by atoms with Crippen molar-refractivity contribution in [1.29, 1.82) is 0 Å². The van der Waals surface area contributed by atoms with Gasteiger partial charge in [-0.15, -0.1) is 0 Å². The lowest BCUT2D eigenvalue weighted by Gasteiger charge is -2.08. The largest absolute Gasteiger partial charge is 0.392 e. The molecule has 0 spiro atoms. The zero-order chi connectivity index (χ0) is 11.2. The molecule has 82 valence electrons. The topological polar surface area (TPSA) is 0 Å². The Bertz CT molecular complexity index is 379. The van der Waals surface area contributed by atoms with Crippen molar-refractivity contribution in [1.82, 2.24) is 0 Å². The molecule has 1 fully saturated rings. The molecule has 1 aliphatic carbocycles. The predicted octanol–water partition coefficient (Wildman–Crippen LogP) is 3.97. The van der Waals surface area contributed by atoms with E-state index in [9.17, 15) is 13.2 Å². The van der Waals surface area contributed by atoms with Crippen molar-refractivity contribution >= 4 is 0 Å². The summed E-state index contributed by atoms with van der Waals surface area (Å²) in [7, 11) is 0. The van der Waals surface area contributed by atoms with Crippen LogP contribution in [0.3, 0.4) is 0 Å². The van der Waals surface area contributed by atoms with E-state index < -0.39 is 12.1 Å². The molecule has 1 aliphatic rings. The van der Waals surface area contributed by atoms with Gasteiger partial charge in [0.2, 0.25) is 0 Å². The summed E-state index contributed by atoms with van der Waals surface area (Å²) < 4.78 is 37.2. The summed E-state index contributed by atoms with van der Waals surface area (Å²) >= 11 is 0. The Balaban J connectivity index is 2.20. The van der Waals surface area contributed by atoms with Crippen LogP contribution in [0.25, 0.3) is 0 Å². The lowest BCUT2D eigenvalue weighted by atomic mass is 10.0. The van der Waals surface area contributed by atoms with Crippen LogP contribution in [0.4, 0.5) is 13.2 Å². The van der Waals surface area contributed by atoms with Crippen LogP contribution < -0.4 is 0 Å². The molecule has 0 unspecified atom stereocenters. The SMILES string of the molecule is Cc1ccc([C@H]2C[C@@H]2C(F)(F)F)c(C)c1. The number of alkyl halides is 3. The first-order valence-corrected chi connectivity index (χ1v) is 5.03. The Labute approximate surface area is 87.1 Å². The van der Waals surface area contributed by atoms with Crippen LogP contribution in [0.5, 0.6) is 0 Å². The summed E-state index contributed by atoms with van der Waals surface area (Å²) in [4.78, 5) is 0. The lowest BCUT2D eigenvalue weighted by molar-refractivity contribution is -0.148. The number of hydrogen-bond donors (Lipinski definition) is 0. The van der Waals surface area contributed by atoms with Gasteiger partial charge in [-0.25, -0.2) is 0 Å². The Morgan fingerprint density at radius 1 is 1.20 bits per heavy atom. The Hall–Kier alpha value is -0.990. The van der Waals surface area contributed by atoms with Gasteiger partial charge in [0.15, 0.2) is 0 Å². The van der Waals surface area contributed by atoms with Crippen molar-refractivity contribution in [2.45, 2.75) is 32.4 Å². The zero-order valence-corrected chi connectivity index (χ0v) is 8.73. The highest BCUT2D eigenvalue weighted by Crippen LogP contribution is 2.56. The van der Waals surface area contributed by atoms with E-state index in [1.54, 1.807) is 0 Å². The molecular formula is C12H13F3. The second kappa shape index (κ2) is 3.26. The van der Waals surface area contributed by atoms with Crippen molar-refractivity contribution in [2.24, 2.45) is 5.92 Å². The molecule has 0 bridgehead atoms. The molecule has 0 aliphatic heterocycles. The quantitative estimate of drug-likeness (QED) is 0.663. The Morgan fingerprint density at radius 2 is 1.87 bits per heavy atom. The fourth-order valence-electron chi connectivity index (χ4n) is 2.14. The summed E-state index contributed by atoms with van der Waals surface area (Å²) in [5.74, 6) is -1.41. The number of halogens is 3. The average molecular weight is 214 g/mol. The molecule has 1 saturated carbocycles. The van der Waals surface area contributed by atoms with Crippen LogP contribution in [0.15, 0.2) is 18.2 Å². The highest BCUT2D eigenvalue weighted by Gasteiger charge is 2.56. The molecule has 1 aromatic rings. The standard InChI is InChI=1S/C12H13F3/c1-7-3-4-9(8(2)5-7)10-6-11(10)12(13,14)15/h3-5,10-11H,6H2,1-2H3/t10-,11+/m1/s1. The summed E-state index contributed by atoms with van der Waals surface area (Å²) in [5.41, 5.74) is 2.94. The van der Waals surface area contributed by atoms with E-state index >= 15 is 0 Å². The predicted molar refractivity (Wildman–Crippen MR) is 52.8 cm³/mol. The van der Waals surface area contributed by atoms with Gasteiger partial charge in [0, 0.05) is 0 Å². The fourth-order valence-corrected chi connectivity index (χ4v) is 2.14. The zero-order valence-electron chi connectivity index (χ0n) is 8.73. The third kappa shape index (κ3) is 2.01. The number of aryl methyl sites for hydroxylation is 2. The summed E-state index contributed by atoms with van der Waals surface area (Å²) in [5, 5.41) is 0. The molecule has 3 heteroatoms. The van der Waals surface area contributed by atoms with Gasteiger partial charge in [-0.2, -0.15) is 13.2 Å². The van der Waals surface area contributed by atoms with E-state index in [-0.39, 0.29) is 12.3 Å². The Kier molecular flexibility index (Phi) is 2.28. The summed E-state index contributed by atoms with van der Waals surface area (Å²) in [6, 6.07) is 5.66. The van der Waals surface area contributed by atoms with Crippen LogP contribution in [0.1, 0.15) is 29.0 Å². The smallest absolute Gasteiger partial charge is 0.171 e. The second-order valence-electron chi connectivity index (χ2n) is 4.35. The third-order valence-electron chi connectivity index (χ3n) is 3.04. The highest BCUT2D eigenvalue weighted by molar-refractivity contribution is 5.36. The van der Waals surface area contributed by atoms with E-state index in [0.717, 1.165) is 16.7 Å². The van der Waals surface area contributed by atoms with Crippen molar-refractivity contribution in [3.8, 4) is 0 Å². The van der Waals surface area contributed by atoms with Crippen LogP contribution in [-0.2, 0) is 0 Å². The van der Waals surface area contributed by atoms with Crippen LogP contribution >= 0.6 is 0 Å². The van der Waals surface area contributed by atoms with Gasteiger partial charge in [0.05, 0.1) is 5.92 Å². The maximum Gasteiger partial charge on any atom is 0.392 e. The van der Waals surface area contributed by atoms with Crippen molar-refractivity contribution < 1.29 is 13.2 Å². The van der Waals surface area contributed by atoms with E-state index in [2.05, 4.69) is 0 Å². The first-order chi connectivity index (χ1) is 6.89. The van der Waals surface area contributed by atoms with Crippen LogP contribution in [0.2, 0.25) is 0 Å². The second-order valence-corrected chi connectivity index (χ2v) is 4.35. The minimum absolute atomic E-state index is 0.257. The van der Waals surface area contributed by atoms with Crippen molar-refractivity contribution in [3.05, 3.63) is 34.9 Å². The number of rotatable bonds is 1. The minimum Gasteiger partial charge on any atom is -0.171 e. The monoisotopic (exact) mass is 214 g/mol. The van der Waals surface area contributed by atoms with Crippen LogP contribution in [0, 0.1) is 19.8 Å². The molecule has 2 rings (SSSR count). The van der Waals surface area contributed by atoms with Gasteiger partial charge >= 0.3 is 6.18 Å². The Morgan fingerprint density at radius 3 is 2.33 bits per heavy atom. The van der Waals surface area contributed by atoms with Crippen LogP contribution in [-0.4, -0.2) is 6.18 Å². The fraction of sp³-hybridized carbons (Fsp3) is 0.500. The van der Waals surface area contributed by atoms with E-state index in [1.807, 2.05) is 32.0 Å². The van der Waals surface area contributed by atoms with Gasteiger partial charge in [-0.05, 0) is 37.3 Å². The normalized spacial score (nSPS) is 25.4. The lowest BCUT2D eigenvalue weighted by Crippen LogP contribution is -2.11. The van der Waals surface area contributed by atoms with Gasteiger partial charge in [-0.3, -0.25) is 0 Å². The average Bonchev–Trinajstić information content (AvgIpc) is 2.82. The molecule has 0 nitrogen and oxygen atoms in total. The number of hydrogen-bond acceptors (Lipinski definition) is 0. The van der Waals surface area contributed by atoms with E-state index in [0.29, 0.717) is 0 Å². The highest BCUT2D eigenvalue weighted by atomic mass is 19.4. The van der Waals surface area contributed by atoms with Gasteiger partial charge in [-0.1, -0.05) is 23.8 Å². The molecule has 0 heterocycles. The van der Waals surface area contributed by atoms with E-state index in [4.69, 9.17) is 0 Å². The molecule has 15 heavy (non-hydrogen) atoms. The molecule has 0 aromatic heterocycles. The molecule has 0 amide bonds. The molecule has 1 aromatic carbocycles. The maximum absolute atomic E-state index is 12.4. The van der Waals surface area contributed by atoms with E-state index in [1.165, 1.54) is 0 Å². The minimum atomic E-state index is -4.03. The van der Waals surface area contributed by atoms with Gasteiger partial charge in [0.1, 0.15) is 0 Å². The summed E-state index contributed by atoms with van der Waals surface area (Å²) in [6.07, 6.45) is -3.77. The van der Waals surface area contributed by atoms with Gasteiger partial charge < -0.3 is 0 Å². The molecule has 0 radical (unpaired) electrons. The molecule has 0 N–H and O–H groups in total. The molecule has 2 atom stereocenters. The summed E-state index contributed by atoms with van der Waals surface area (Å²) in [6.45, 7) is 3.83. The first kappa shape index (κ1) is 10.5. The first-order valence-electron chi connectivity index (χ1n) is 5.03. The van der Waals surface area contributed by atoms with Crippen molar-refractivity contribution in [2.75, 3.05) is 0 Å². The van der Waals surface area contributed by atoms with Gasteiger partial charge in [0.25, 0.3) is 0 Å². The third-order valence-corrected chi connectivity index (χ3v) is 3.04. The maximum atomic E-state index is 12.4. The molecular weight excluding hydrogens is 201 g/mol. The van der Waals surface area contributed by atoms with Crippen molar-refractivity contribution in [3.63, 3.8) is 0 Å². The number of benzene rings is 1. The molecule has 0 saturated heterocycles.